The fraction of sp³-hybridized carbons (Fsp3) is 0.154. The Labute approximate surface area is 125 Å². The van der Waals surface area contributed by atoms with Gasteiger partial charge in [0.05, 0.1) is 11.3 Å². The van der Waals surface area contributed by atoms with E-state index in [1.54, 1.807) is 6.26 Å². The minimum absolute atomic E-state index is 0.0656. The minimum atomic E-state index is -4.68. The number of H-pyrrole nitrogens is 1. The van der Waals surface area contributed by atoms with Crippen molar-refractivity contribution >= 4 is 11.8 Å². The van der Waals surface area contributed by atoms with E-state index in [9.17, 15) is 22.4 Å². The van der Waals surface area contributed by atoms with Crippen LogP contribution in [0.5, 0.6) is 0 Å². The first-order chi connectivity index (χ1) is 10.3. The summed E-state index contributed by atoms with van der Waals surface area (Å²) in [6.45, 7) is 0. The van der Waals surface area contributed by atoms with Crippen molar-refractivity contribution in [3.8, 4) is 17.3 Å². The molecule has 0 saturated heterocycles. The Balaban J connectivity index is 2.79. The standard InChI is InChI=1S/C13H7F4N3OS/c1-22-12-19-10(8(5-18)11(21)20-12)7-4-6(13(15,16)17)2-3-9(7)14/h2-4H,1H3,(H,19,20,21). The van der Waals surface area contributed by atoms with Gasteiger partial charge in [-0.05, 0) is 24.5 Å². The van der Waals surface area contributed by atoms with Crippen molar-refractivity contribution in [3.63, 3.8) is 0 Å². The molecule has 0 aliphatic rings. The largest absolute Gasteiger partial charge is 0.416 e. The second-order valence-electron chi connectivity index (χ2n) is 4.10. The summed E-state index contributed by atoms with van der Waals surface area (Å²) in [5.74, 6) is -1.00. The van der Waals surface area contributed by atoms with Crippen LogP contribution in [0.2, 0.25) is 0 Å². The number of hydrogen-bond donors (Lipinski definition) is 1. The van der Waals surface area contributed by atoms with Crippen LogP contribution >= 0.6 is 11.8 Å². The maximum absolute atomic E-state index is 13.9. The van der Waals surface area contributed by atoms with Gasteiger partial charge in [0.15, 0.2) is 5.16 Å². The van der Waals surface area contributed by atoms with E-state index in [2.05, 4.69) is 9.97 Å². The second kappa shape index (κ2) is 5.81. The van der Waals surface area contributed by atoms with Gasteiger partial charge in [0.1, 0.15) is 17.4 Å². The molecule has 0 saturated carbocycles. The van der Waals surface area contributed by atoms with Crippen molar-refractivity contribution in [2.24, 2.45) is 0 Å². The van der Waals surface area contributed by atoms with E-state index in [1.807, 2.05) is 0 Å². The average Bonchev–Trinajstić information content (AvgIpc) is 2.45. The molecule has 1 heterocycles. The van der Waals surface area contributed by atoms with Crippen LogP contribution < -0.4 is 5.56 Å². The molecule has 0 spiro atoms. The van der Waals surface area contributed by atoms with Gasteiger partial charge < -0.3 is 4.98 Å². The highest BCUT2D eigenvalue weighted by molar-refractivity contribution is 7.98. The van der Waals surface area contributed by atoms with Crippen LogP contribution in [-0.2, 0) is 6.18 Å². The molecule has 0 radical (unpaired) electrons. The van der Waals surface area contributed by atoms with Crippen LogP contribution in [0.1, 0.15) is 11.1 Å². The number of nitrogens with one attached hydrogen (secondary N) is 1. The zero-order valence-electron chi connectivity index (χ0n) is 11.0. The number of nitrogens with zero attached hydrogens (tertiary/aromatic N) is 2. The molecule has 1 aromatic heterocycles. The molecule has 1 aromatic carbocycles. The second-order valence-corrected chi connectivity index (χ2v) is 4.90. The summed E-state index contributed by atoms with van der Waals surface area (Å²) in [6.07, 6.45) is -3.12. The average molecular weight is 329 g/mol. The van der Waals surface area contributed by atoms with Gasteiger partial charge in [-0.3, -0.25) is 4.79 Å². The Kier molecular flexibility index (Phi) is 4.23. The molecule has 0 aliphatic carbocycles. The highest BCUT2D eigenvalue weighted by Crippen LogP contribution is 2.33. The molecule has 2 rings (SSSR count). The molecule has 0 amide bonds. The van der Waals surface area contributed by atoms with E-state index in [1.165, 1.54) is 6.07 Å². The number of rotatable bonds is 2. The van der Waals surface area contributed by atoms with Crippen molar-refractivity contribution in [2.75, 3.05) is 6.26 Å². The number of aromatic amines is 1. The van der Waals surface area contributed by atoms with Gasteiger partial charge in [0, 0.05) is 5.56 Å². The molecule has 0 aliphatic heterocycles. The summed E-state index contributed by atoms with van der Waals surface area (Å²) >= 11 is 1.01. The first kappa shape index (κ1) is 16.0. The third kappa shape index (κ3) is 2.96. The maximum atomic E-state index is 13.9. The summed E-state index contributed by atoms with van der Waals surface area (Å²) in [7, 11) is 0. The quantitative estimate of drug-likeness (QED) is 0.522. The van der Waals surface area contributed by atoms with Crippen LogP contribution in [0.3, 0.4) is 0 Å². The molecule has 4 nitrogen and oxygen atoms in total. The predicted molar refractivity (Wildman–Crippen MR) is 71.7 cm³/mol. The Morgan fingerprint density at radius 1 is 1.36 bits per heavy atom. The van der Waals surface area contributed by atoms with Gasteiger partial charge in [0.2, 0.25) is 0 Å². The lowest BCUT2D eigenvalue weighted by molar-refractivity contribution is -0.137. The van der Waals surface area contributed by atoms with Gasteiger partial charge in [-0.2, -0.15) is 18.4 Å². The molecule has 0 bridgehead atoms. The molecule has 114 valence electrons. The van der Waals surface area contributed by atoms with E-state index in [-0.39, 0.29) is 5.16 Å². The highest BCUT2D eigenvalue weighted by Gasteiger charge is 2.32. The smallest absolute Gasteiger partial charge is 0.300 e. The fourth-order valence-corrected chi connectivity index (χ4v) is 2.11. The minimum Gasteiger partial charge on any atom is -0.300 e. The predicted octanol–water partition coefficient (Wildman–Crippen LogP) is 3.19. The first-order valence-corrected chi connectivity index (χ1v) is 6.96. The number of nitriles is 1. The van der Waals surface area contributed by atoms with Gasteiger partial charge in [-0.1, -0.05) is 11.8 Å². The van der Waals surface area contributed by atoms with Crippen LogP contribution in [-0.4, -0.2) is 16.2 Å². The molecular formula is C13H7F4N3OS. The molecule has 2 aromatic rings. The molecule has 1 N–H and O–H groups in total. The van der Waals surface area contributed by atoms with Crippen molar-refractivity contribution in [3.05, 3.63) is 45.5 Å². The Hall–Kier alpha value is -2.34. The molecule has 0 unspecified atom stereocenters. The summed E-state index contributed by atoms with van der Waals surface area (Å²) in [5.41, 5.74) is -3.45. The maximum Gasteiger partial charge on any atom is 0.416 e. The van der Waals surface area contributed by atoms with E-state index in [0.717, 1.165) is 11.8 Å². The van der Waals surface area contributed by atoms with E-state index in [0.29, 0.717) is 18.2 Å². The van der Waals surface area contributed by atoms with Crippen molar-refractivity contribution < 1.29 is 17.6 Å². The van der Waals surface area contributed by atoms with Gasteiger partial charge in [-0.25, -0.2) is 9.37 Å². The molecule has 0 fully saturated rings. The monoisotopic (exact) mass is 329 g/mol. The van der Waals surface area contributed by atoms with Crippen molar-refractivity contribution in [2.45, 2.75) is 11.3 Å². The topological polar surface area (TPSA) is 69.5 Å². The summed E-state index contributed by atoms with van der Waals surface area (Å²) in [4.78, 5) is 17.9. The van der Waals surface area contributed by atoms with Gasteiger partial charge in [-0.15, -0.1) is 0 Å². The zero-order chi connectivity index (χ0) is 16.5. The van der Waals surface area contributed by atoms with Crippen LogP contribution in [0.25, 0.3) is 11.3 Å². The van der Waals surface area contributed by atoms with Crippen LogP contribution in [0, 0.1) is 17.1 Å². The highest BCUT2D eigenvalue weighted by atomic mass is 32.2. The number of thioether (sulfide) groups is 1. The number of alkyl halides is 3. The number of halogens is 4. The van der Waals surface area contributed by atoms with Gasteiger partial charge >= 0.3 is 6.18 Å². The summed E-state index contributed by atoms with van der Waals surface area (Å²) < 4.78 is 52.1. The van der Waals surface area contributed by atoms with Crippen LogP contribution in [0.4, 0.5) is 17.6 Å². The van der Waals surface area contributed by atoms with E-state index < -0.39 is 39.9 Å². The Morgan fingerprint density at radius 3 is 2.59 bits per heavy atom. The molecule has 9 heteroatoms. The van der Waals surface area contributed by atoms with E-state index in [4.69, 9.17) is 5.26 Å². The van der Waals surface area contributed by atoms with E-state index >= 15 is 0 Å². The van der Waals surface area contributed by atoms with Gasteiger partial charge in [0.25, 0.3) is 5.56 Å². The van der Waals surface area contributed by atoms with Crippen molar-refractivity contribution in [1.82, 2.24) is 9.97 Å². The zero-order valence-corrected chi connectivity index (χ0v) is 11.8. The summed E-state index contributed by atoms with van der Waals surface area (Å²) in [6, 6.07) is 3.27. The third-order valence-corrected chi connectivity index (χ3v) is 3.33. The molecular weight excluding hydrogens is 322 g/mol. The Morgan fingerprint density at radius 2 is 2.05 bits per heavy atom. The Bertz CT molecular complexity index is 824. The summed E-state index contributed by atoms with van der Waals surface area (Å²) in [5, 5.41) is 9.05. The number of benzene rings is 1. The lowest BCUT2D eigenvalue weighted by Crippen LogP contribution is -2.15. The number of hydrogen-bond acceptors (Lipinski definition) is 4. The lowest BCUT2D eigenvalue weighted by atomic mass is 10.0. The normalized spacial score (nSPS) is 11.3. The third-order valence-electron chi connectivity index (χ3n) is 2.75. The fourth-order valence-electron chi connectivity index (χ4n) is 1.73. The first-order valence-electron chi connectivity index (χ1n) is 5.73. The van der Waals surface area contributed by atoms with Crippen LogP contribution in [0.15, 0.2) is 28.2 Å². The molecule has 22 heavy (non-hydrogen) atoms. The SMILES string of the molecule is CSc1nc(-c2cc(C(F)(F)F)ccc2F)c(C#N)c(=O)[nH]1. The van der Waals surface area contributed by atoms with Crippen molar-refractivity contribution in [1.29, 1.82) is 5.26 Å². The lowest BCUT2D eigenvalue weighted by Gasteiger charge is -2.10. The number of aromatic nitrogens is 2. The molecule has 0 atom stereocenters.